The lowest BCUT2D eigenvalue weighted by atomic mass is 10.1. The van der Waals surface area contributed by atoms with Crippen LogP contribution < -0.4 is 10.0 Å². The molecule has 0 aliphatic carbocycles. The molecular weight excluding hydrogens is 430 g/mol. The van der Waals surface area contributed by atoms with Crippen molar-refractivity contribution in [2.24, 2.45) is 0 Å². The second-order valence-electron chi connectivity index (χ2n) is 6.27. The second-order valence-corrected chi connectivity index (χ2v) is 8.36. The average Bonchev–Trinajstić information content (AvgIpc) is 2.71. The van der Waals surface area contributed by atoms with Crippen molar-refractivity contribution in [2.75, 3.05) is 10.0 Å². The molecule has 2 N–H and O–H groups in total. The first-order valence-electron chi connectivity index (χ1n) is 8.62. The van der Waals surface area contributed by atoms with Gasteiger partial charge >= 0.3 is 0 Å². The number of hydrogen-bond donors (Lipinski definition) is 2. The summed E-state index contributed by atoms with van der Waals surface area (Å²) < 4.78 is 27.2. The number of anilines is 2. The molecule has 0 aliphatic rings. The van der Waals surface area contributed by atoms with Crippen molar-refractivity contribution in [2.45, 2.75) is 11.8 Å². The summed E-state index contributed by atoms with van der Waals surface area (Å²) >= 11 is 6.17. The van der Waals surface area contributed by atoms with Gasteiger partial charge in [-0.2, -0.15) is 0 Å². The molecule has 0 bridgehead atoms. The summed E-state index contributed by atoms with van der Waals surface area (Å²) in [5, 5.41) is 13.7. The van der Waals surface area contributed by atoms with Crippen LogP contribution in [0.25, 0.3) is 0 Å². The monoisotopic (exact) mass is 445 g/mol. The van der Waals surface area contributed by atoms with Gasteiger partial charge in [-0.05, 0) is 43.3 Å². The van der Waals surface area contributed by atoms with E-state index in [1.54, 1.807) is 24.3 Å². The number of nitro benzene ring substituents is 1. The summed E-state index contributed by atoms with van der Waals surface area (Å²) in [5.74, 6) is -0.544. The van der Waals surface area contributed by atoms with E-state index in [9.17, 15) is 23.3 Å². The Kier molecular flexibility index (Phi) is 6.04. The second kappa shape index (κ2) is 8.52. The number of nitrogens with one attached hydrogen (secondary N) is 2. The molecule has 3 aromatic rings. The molecule has 0 saturated heterocycles. The van der Waals surface area contributed by atoms with Gasteiger partial charge in [0.15, 0.2) is 0 Å². The zero-order chi connectivity index (χ0) is 21.9. The first kappa shape index (κ1) is 21.3. The SMILES string of the molecule is Cc1c(NC(=O)c2ccc(NS(=O)(=O)c3ccccc3)c(Cl)c2)cccc1[N+](=O)[O-]. The van der Waals surface area contributed by atoms with Gasteiger partial charge in [0.25, 0.3) is 21.6 Å². The third-order valence-corrected chi connectivity index (χ3v) is 5.97. The molecule has 0 aromatic heterocycles. The van der Waals surface area contributed by atoms with E-state index in [1.165, 1.54) is 49.4 Å². The normalized spacial score (nSPS) is 11.0. The fraction of sp³-hybridized carbons (Fsp3) is 0.0500. The summed E-state index contributed by atoms with van der Waals surface area (Å²) in [6.45, 7) is 1.53. The number of sulfonamides is 1. The number of nitrogens with zero attached hydrogens (tertiary/aromatic N) is 1. The lowest BCUT2D eigenvalue weighted by Crippen LogP contribution is -2.15. The molecule has 0 atom stereocenters. The van der Waals surface area contributed by atoms with Gasteiger partial charge in [0.05, 0.1) is 31.8 Å². The molecule has 30 heavy (non-hydrogen) atoms. The van der Waals surface area contributed by atoms with Crippen molar-refractivity contribution in [1.29, 1.82) is 0 Å². The molecule has 0 spiro atoms. The highest BCUT2D eigenvalue weighted by Gasteiger charge is 2.18. The fourth-order valence-electron chi connectivity index (χ4n) is 2.69. The molecule has 0 heterocycles. The maximum absolute atomic E-state index is 12.5. The van der Waals surface area contributed by atoms with Crippen molar-refractivity contribution >= 4 is 44.6 Å². The highest BCUT2D eigenvalue weighted by atomic mass is 35.5. The van der Waals surface area contributed by atoms with E-state index in [4.69, 9.17) is 11.6 Å². The van der Waals surface area contributed by atoms with Gasteiger partial charge in [0.2, 0.25) is 0 Å². The van der Waals surface area contributed by atoms with Crippen molar-refractivity contribution in [1.82, 2.24) is 0 Å². The summed E-state index contributed by atoms with van der Waals surface area (Å²) in [6, 6.07) is 16.2. The summed E-state index contributed by atoms with van der Waals surface area (Å²) in [7, 11) is -3.83. The van der Waals surface area contributed by atoms with Crippen molar-refractivity contribution in [3.63, 3.8) is 0 Å². The molecular formula is C20H16ClN3O5S. The molecule has 8 nitrogen and oxygen atoms in total. The topological polar surface area (TPSA) is 118 Å². The standard InChI is InChI=1S/C20H16ClN3O5S/c1-13-17(8-5-9-19(13)24(26)27)22-20(25)14-10-11-18(16(21)12-14)23-30(28,29)15-6-3-2-4-7-15/h2-12,23H,1H3,(H,22,25). The fourth-order valence-corrected chi connectivity index (χ4v) is 4.08. The smallest absolute Gasteiger partial charge is 0.274 e. The molecule has 0 radical (unpaired) electrons. The zero-order valence-electron chi connectivity index (χ0n) is 15.6. The number of rotatable bonds is 6. The van der Waals surface area contributed by atoms with Crippen LogP contribution in [0.5, 0.6) is 0 Å². The highest BCUT2D eigenvalue weighted by Crippen LogP contribution is 2.28. The van der Waals surface area contributed by atoms with Crippen LogP contribution in [0.15, 0.2) is 71.6 Å². The lowest BCUT2D eigenvalue weighted by Gasteiger charge is -2.12. The first-order chi connectivity index (χ1) is 14.2. The minimum Gasteiger partial charge on any atom is -0.321 e. The average molecular weight is 446 g/mol. The molecule has 0 saturated carbocycles. The maximum atomic E-state index is 12.5. The van der Waals surface area contributed by atoms with Crippen LogP contribution in [0.3, 0.4) is 0 Å². The van der Waals surface area contributed by atoms with Gasteiger partial charge in [-0.15, -0.1) is 0 Å². The molecule has 0 unspecified atom stereocenters. The van der Waals surface area contributed by atoms with Crippen LogP contribution >= 0.6 is 11.6 Å². The number of hydrogen-bond acceptors (Lipinski definition) is 5. The van der Waals surface area contributed by atoms with Crippen LogP contribution in [0.4, 0.5) is 17.1 Å². The number of nitro groups is 1. The number of halogens is 1. The van der Waals surface area contributed by atoms with Gasteiger partial charge < -0.3 is 5.32 Å². The van der Waals surface area contributed by atoms with E-state index in [1.807, 2.05) is 0 Å². The summed E-state index contributed by atoms with van der Waals surface area (Å²) in [4.78, 5) is 23.1. The van der Waals surface area contributed by atoms with Crippen LogP contribution in [-0.4, -0.2) is 19.2 Å². The lowest BCUT2D eigenvalue weighted by molar-refractivity contribution is -0.385. The third-order valence-electron chi connectivity index (χ3n) is 4.28. The summed E-state index contributed by atoms with van der Waals surface area (Å²) in [6.07, 6.45) is 0. The van der Waals surface area contributed by atoms with Gasteiger partial charge in [-0.3, -0.25) is 19.6 Å². The minimum atomic E-state index is -3.83. The Balaban J connectivity index is 1.81. The molecule has 3 rings (SSSR count). The van der Waals surface area contributed by atoms with Gasteiger partial charge in [-0.25, -0.2) is 8.42 Å². The summed E-state index contributed by atoms with van der Waals surface area (Å²) in [5.41, 5.74) is 0.766. The van der Waals surface area contributed by atoms with Crippen LogP contribution in [0.2, 0.25) is 5.02 Å². The minimum absolute atomic E-state index is 0.0259. The maximum Gasteiger partial charge on any atom is 0.274 e. The molecule has 10 heteroatoms. The highest BCUT2D eigenvalue weighted by molar-refractivity contribution is 7.92. The number of carbonyl (C=O) groups excluding carboxylic acids is 1. The van der Waals surface area contributed by atoms with Crippen LogP contribution in [0.1, 0.15) is 15.9 Å². The molecule has 0 fully saturated rings. The van der Waals surface area contributed by atoms with E-state index in [-0.39, 0.29) is 26.9 Å². The van der Waals surface area contributed by atoms with Crippen molar-refractivity contribution < 1.29 is 18.1 Å². The van der Waals surface area contributed by atoms with Crippen molar-refractivity contribution in [3.05, 3.63) is 93.0 Å². The Morgan fingerprint density at radius 2 is 1.70 bits per heavy atom. The zero-order valence-corrected chi connectivity index (χ0v) is 17.2. The van der Waals surface area contributed by atoms with E-state index in [0.717, 1.165) is 0 Å². The van der Waals surface area contributed by atoms with E-state index in [0.29, 0.717) is 11.3 Å². The number of carbonyl (C=O) groups is 1. The predicted octanol–water partition coefficient (Wildman–Crippen LogP) is 4.61. The number of amides is 1. The van der Waals surface area contributed by atoms with E-state index >= 15 is 0 Å². The Morgan fingerprint density at radius 3 is 2.33 bits per heavy atom. The van der Waals surface area contributed by atoms with Gasteiger partial charge in [0, 0.05) is 11.6 Å². The molecule has 0 aliphatic heterocycles. The van der Waals surface area contributed by atoms with Crippen molar-refractivity contribution in [3.8, 4) is 0 Å². The Morgan fingerprint density at radius 1 is 1.00 bits per heavy atom. The third kappa shape index (κ3) is 4.58. The van der Waals surface area contributed by atoms with Crippen LogP contribution in [0, 0.1) is 17.0 Å². The Hall–Kier alpha value is -3.43. The van der Waals surface area contributed by atoms with E-state index < -0.39 is 20.9 Å². The first-order valence-corrected chi connectivity index (χ1v) is 10.5. The van der Waals surface area contributed by atoms with Gasteiger partial charge in [0.1, 0.15) is 0 Å². The Labute approximate surface area is 177 Å². The van der Waals surface area contributed by atoms with Gasteiger partial charge in [-0.1, -0.05) is 35.9 Å². The molecule has 154 valence electrons. The number of benzene rings is 3. The van der Waals surface area contributed by atoms with E-state index in [2.05, 4.69) is 10.0 Å². The molecule has 3 aromatic carbocycles. The van der Waals surface area contributed by atoms with Crippen LogP contribution in [-0.2, 0) is 10.0 Å². The Bertz CT molecular complexity index is 1230. The predicted molar refractivity (Wildman–Crippen MR) is 114 cm³/mol. The molecule has 1 amide bonds. The largest absolute Gasteiger partial charge is 0.321 e. The quantitative estimate of drug-likeness (QED) is 0.424.